The van der Waals surface area contributed by atoms with Gasteiger partial charge in [-0.2, -0.15) is 13.5 Å². The second-order valence-corrected chi connectivity index (χ2v) is 6.28. The number of aromatic nitrogens is 5. The molecule has 1 aromatic carbocycles. The van der Waals surface area contributed by atoms with Crippen LogP contribution in [0.25, 0.3) is 11.4 Å². The number of benzene rings is 1. The fourth-order valence-corrected chi connectivity index (χ4v) is 2.92. The molecule has 9 heteroatoms. The highest BCUT2D eigenvalue weighted by Crippen LogP contribution is 2.17. The van der Waals surface area contributed by atoms with Gasteiger partial charge < -0.3 is 0 Å². The minimum Gasteiger partial charge on any atom is -0.272 e. The maximum absolute atomic E-state index is 12.9. The molecule has 2 heterocycles. The van der Waals surface area contributed by atoms with E-state index in [1.54, 1.807) is 17.1 Å². The second-order valence-electron chi connectivity index (χ2n) is 4.48. The van der Waals surface area contributed by atoms with Crippen molar-refractivity contribution in [2.24, 2.45) is 0 Å². The smallest absolute Gasteiger partial charge is 0.272 e. The Labute approximate surface area is 126 Å². The highest BCUT2D eigenvalue weighted by molar-refractivity contribution is 7.89. The van der Waals surface area contributed by atoms with Crippen LogP contribution in [0, 0.1) is 5.82 Å². The number of rotatable bonds is 4. The zero-order valence-corrected chi connectivity index (χ0v) is 12.4. The summed E-state index contributed by atoms with van der Waals surface area (Å²) in [5, 5.41) is 8.06. The quantitative estimate of drug-likeness (QED) is 0.728. The summed E-state index contributed by atoms with van der Waals surface area (Å²) in [6.45, 7) is 2.62. The van der Waals surface area contributed by atoms with Crippen molar-refractivity contribution >= 4 is 10.0 Å². The van der Waals surface area contributed by atoms with E-state index in [2.05, 4.69) is 15.2 Å². The van der Waals surface area contributed by atoms with Gasteiger partial charge in [0.25, 0.3) is 10.0 Å². The van der Waals surface area contributed by atoms with Crippen LogP contribution in [-0.2, 0) is 16.6 Å². The van der Waals surface area contributed by atoms with E-state index < -0.39 is 15.8 Å². The van der Waals surface area contributed by atoms with Gasteiger partial charge in [-0.1, -0.05) is 0 Å². The lowest BCUT2D eigenvalue weighted by atomic mass is 10.3. The Morgan fingerprint density at radius 2 is 1.95 bits per heavy atom. The highest BCUT2D eigenvalue weighted by atomic mass is 32.2. The van der Waals surface area contributed by atoms with Crippen molar-refractivity contribution in [1.82, 2.24) is 24.0 Å². The highest BCUT2D eigenvalue weighted by Gasteiger charge is 2.19. The van der Waals surface area contributed by atoms with Crippen molar-refractivity contribution in [1.29, 1.82) is 0 Å². The van der Waals surface area contributed by atoms with Crippen LogP contribution >= 0.6 is 0 Å². The molecule has 7 nitrogen and oxygen atoms in total. The van der Waals surface area contributed by atoms with Gasteiger partial charge in [0, 0.05) is 12.7 Å². The Balaban J connectivity index is 1.97. The van der Waals surface area contributed by atoms with Gasteiger partial charge >= 0.3 is 0 Å². The van der Waals surface area contributed by atoms with Crippen LogP contribution < -0.4 is 0 Å². The fourth-order valence-electron chi connectivity index (χ4n) is 1.86. The lowest BCUT2D eigenvalue weighted by Gasteiger charge is -2.02. The molecule has 0 radical (unpaired) electrons. The van der Waals surface area contributed by atoms with E-state index in [9.17, 15) is 12.8 Å². The Bertz CT molecular complexity index is 899. The van der Waals surface area contributed by atoms with Gasteiger partial charge in [0.05, 0.1) is 16.7 Å². The third-order valence-corrected chi connectivity index (χ3v) is 4.58. The second kappa shape index (κ2) is 5.34. The molecule has 0 atom stereocenters. The van der Waals surface area contributed by atoms with Crippen LogP contribution in [0.3, 0.4) is 0 Å². The Kier molecular flexibility index (Phi) is 3.49. The molecule has 0 aliphatic rings. The van der Waals surface area contributed by atoms with E-state index in [0.717, 1.165) is 22.5 Å². The molecule has 0 bridgehead atoms. The predicted octanol–water partition coefficient (Wildman–Crippen LogP) is 1.54. The summed E-state index contributed by atoms with van der Waals surface area (Å²) in [5.41, 5.74) is 0.620. The van der Waals surface area contributed by atoms with Gasteiger partial charge in [0.15, 0.2) is 5.82 Å². The molecule has 0 aliphatic heterocycles. The Hall–Kier alpha value is -2.55. The molecule has 3 rings (SSSR count). The number of hydrogen-bond acceptors (Lipinski definition) is 5. The zero-order chi connectivity index (χ0) is 15.7. The van der Waals surface area contributed by atoms with Crippen LogP contribution in [0.15, 0.2) is 47.9 Å². The van der Waals surface area contributed by atoms with Crippen molar-refractivity contribution < 1.29 is 12.8 Å². The first-order chi connectivity index (χ1) is 10.5. The molecular formula is C13H12FN5O2S. The maximum atomic E-state index is 12.9. The van der Waals surface area contributed by atoms with Crippen molar-refractivity contribution in [2.75, 3.05) is 0 Å². The SMILES string of the molecule is CCn1cc(-c2ncn(S(=O)(=O)c3ccc(F)cc3)n2)cn1. The summed E-state index contributed by atoms with van der Waals surface area (Å²) in [7, 11) is -3.89. The summed E-state index contributed by atoms with van der Waals surface area (Å²) in [6.07, 6.45) is 4.40. The predicted molar refractivity (Wildman–Crippen MR) is 75.9 cm³/mol. The van der Waals surface area contributed by atoms with Gasteiger partial charge in [-0.05, 0) is 31.2 Å². The minimum atomic E-state index is -3.89. The molecule has 2 aromatic heterocycles. The molecule has 0 fully saturated rings. The molecule has 22 heavy (non-hydrogen) atoms. The number of hydrogen-bond donors (Lipinski definition) is 0. The minimum absolute atomic E-state index is 0.0606. The van der Waals surface area contributed by atoms with Crippen LogP contribution in [0.1, 0.15) is 6.92 Å². The zero-order valence-electron chi connectivity index (χ0n) is 11.6. The van der Waals surface area contributed by atoms with Crippen LogP contribution in [-0.4, -0.2) is 32.4 Å². The van der Waals surface area contributed by atoms with Crippen molar-refractivity contribution in [3.8, 4) is 11.4 Å². The molecule has 3 aromatic rings. The fraction of sp³-hybridized carbons (Fsp3) is 0.154. The molecule has 0 saturated carbocycles. The Morgan fingerprint density at radius 3 is 2.59 bits per heavy atom. The van der Waals surface area contributed by atoms with E-state index in [4.69, 9.17) is 0 Å². The normalized spacial score (nSPS) is 11.7. The average Bonchev–Trinajstić information content (AvgIpc) is 3.16. The molecule has 0 spiro atoms. The van der Waals surface area contributed by atoms with Crippen LogP contribution in [0.5, 0.6) is 0 Å². The summed E-state index contributed by atoms with van der Waals surface area (Å²) >= 11 is 0. The van der Waals surface area contributed by atoms with Crippen molar-refractivity contribution in [2.45, 2.75) is 18.4 Å². The monoisotopic (exact) mass is 321 g/mol. The molecule has 0 amide bonds. The molecule has 0 N–H and O–H groups in total. The first-order valence-electron chi connectivity index (χ1n) is 6.46. The van der Waals surface area contributed by atoms with Crippen molar-refractivity contribution in [3.05, 3.63) is 48.8 Å². The molecule has 0 unspecified atom stereocenters. The van der Waals surface area contributed by atoms with E-state index in [0.29, 0.717) is 12.1 Å². The van der Waals surface area contributed by atoms with E-state index in [1.165, 1.54) is 12.1 Å². The summed E-state index contributed by atoms with van der Waals surface area (Å²) in [5.74, 6) is -0.254. The molecular weight excluding hydrogens is 309 g/mol. The molecule has 0 saturated heterocycles. The standard InChI is InChI=1S/C13H12FN5O2S/c1-2-18-8-10(7-16-18)13-15-9-19(17-13)22(20,21)12-5-3-11(14)4-6-12/h3-9H,2H2,1H3. The third kappa shape index (κ3) is 2.50. The van der Waals surface area contributed by atoms with Crippen LogP contribution in [0.2, 0.25) is 0 Å². The summed E-state index contributed by atoms with van der Waals surface area (Å²) in [4.78, 5) is 3.93. The first kappa shape index (κ1) is 14.4. The summed E-state index contributed by atoms with van der Waals surface area (Å²) in [6, 6.07) is 4.52. The van der Waals surface area contributed by atoms with Gasteiger partial charge in [-0.15, -0.1) is 9.19 Å². The van der Waals surface area contributed by atoms with Crippen molar-refractivity contribution in [3.63, 3.8) is 0 Å². The Morgan fingerprint density at radius 1 is 1.23 bits per heavy atom. The van der Waals surface area contributed by atoms with Gasteiger partial charge in [-0.25, -0.2) is 9.37 Å². The maximum Gasteiger partial charge on any atom is 0.284 e. The van der Waals surface area contributed by atoms with E-state index >= 15 is 0 Å². The molecule has 114 valence electrons. The number of aryl methyl sites for hydroxylation is 1. The third-order valence-electron chi connectivity index (χ3n) is 3.05. The van der Waals surface area contributed by atoms with Gasteiger partial charge in [0.1, 0.15) is 12.1 Å². The lowest BCUT2D eigenvalue weighted by molar-refractivity contribution is 0.579. The topological polar surface area (TPSA) is 82.7 Å². The lowest BCUT2D eigenvalue weighted by Crippen LogP contribution is -2.13. The van der Waals surface area contributed by atoms with Gasteiger partial charge in [-0.3, -0.25) is 4.68 Å². The van der Waals surface area contributed by atoms with Crippen LogP contribution in [0.4, 0.5) is 4.39 Å². The number of halogens is 1. The molecule has 0 aliphatic carbocycles. The first-order valence-corrected chi connectivity index (χ1v) is 7.90. The number of nitrogens with zero attached hydrogens (tertiary/aromatic N) is 5. The van der Waals surface area contributed by atoms with Gasteiger partial charge in [0.2, 0.25) is 0 Å². The van der Waals surface area contributed by atoms with E-state index in [-0.39, 0.29) is 10.7 Å². The largest absolute Gasteiger partial charge is 0.284 e. The summed E-state index contributed by atoms with van der Waals surface area (Å²) < 4.78 is 40.1. The average molecular weight is 321 g/mol. The van der Waals surface area contributed by atoms with E-state index in [1.807, 2.05) is 6.92 Å².